The number of carboxylic acids is 3. The number of amides is 14. The summed E-state index contributed by atoms with van der Waals surface area (Å²) in [6, 6.07) is -11.0. The Morgan fingerprint density at radius 3 is 1.50 bits per heavy atom. The maximum atomic E-state index is 14.9. The number of aliphatic hydroxyl groups is 3. The van der Waals surface area contributed by atoms with Crippen LogP contribution in [0.4, 0.5) is 0 Å². The van der Waals surface area contributed by atoms with Crippen molar-refractivity contribution in [1.29, 1.82) is 0 Å². The number of nitrogens with two attached hydrogens (primary N) is 2. The predicted molar refractivity (Wildman–Crippen MR) is 387 cm³/mol. The first kappa shape index (κ1) is 93.2. The number of hydrogen-bond acceptors (Lipinski definition) is 22. The summed E-state index contributed by atoms with van der Waals surface area (Å²) >= 11 is 0. The summed E-state index contributed by atoms with van der Waals surface area (Å²) in [4.78, 5) is 230. The van der Waals surface area contributed by atoms with Gasteiger partial charge in [-0.15, -0.1) is 0 Å². The molecule has 109 heavy (non-hydrogen) atoms. The molecule has 610 valence electrons. The maximum absolute atomic E-state index is 14.9. The van der Waals surface area contributed by atoms with Crippen LogP contribution in [0.15, 0.2) is 30.3 Å². The third-order valence-electron chi connectivity index (χ3n) is 18.4. The fourth-order valence-corrected chi connectivity index (χ4v) is 12.0. The SMILES string of the molecule is CC[C@H](C)[C@H](NC(=O)[C@H](CO)NC(=O)[C@H](CCCCN)NC(=O)[C@@H]1CCCN1C(=O)[C@H](Cc1ccccc1)NC(=O)[C@@H](NC(=O)[C@@H](NC(=O)CNC(=O)[C@H](CCC(=O)O)NC(=O)[C@H](C)NC(=O)CNC(=O)[C@@H](N)CC(C)C)[C@@H](C)O)C(C)C)C(=O)N[C@@H](CCC(=O)O)C(=O)N[C@H](C(=O)N1CCC[C@H]1C(=O)O)[C@@H](C)O. The van der Waals surface area contributed by atoms with Gasteiger partial charge in [-0.3, -0.25) is 76.7 Å². The van der Waals surface area contributed by atoms with Crippen LogP contribution in [0.5, 0.6) is 0 Å². The molecule has 3 rings (SSSR count). The highest BCUT2D eigenvalue weighted by atomic mass is 16.4. The molecule has 2 aliphatic heterocycles. The van der Waals surface area contributed by atoms with Gasteiger partial charge in [-0.05, 0) is 115 Å². The van der Waals surface area contributed by atoms with Crippen LogP contribution in [-0.2, 0) is 87.9 Å². The van der Waals surface area contributed by atoms with Gasteiger partial charge in [0.2, 0.25) is 82.7 Å². The van der Waals surface area contributed by atoms with Crippen molar-refractivity contribution in [3.8, 4) is 0 Å². The molecule has 0 unspecified atom stereocenters. The van der Waals surface area contributed by atoms with Crippen molar-refractivity contribution >= 4 is 101 Å². The number of nitrogens with one attached hydrogen (secondary N) is 12. The normalized spacial score (nSPS) is 17.9. The molecule has 39 nitrogen and oxygen atoms in total. The van der Waals surface area contributed by atoms with E-state index in [2.05, 4.69) is 63.8 Å². The van der Waals surface area contributed by atoms with E-state index in [9.17, 15) is 112 Å². The highest BCUT2D eigenvalue weighted by Gasteiger charge is 2.44. The van der Waals surface area contributed by atoms with E-state index in [1.807, 2.05) is 13.8 Å². The molecule has 2 fully saturated rings. The minimum Gasteiger partial charge on any atom is -0.481 e. The van der Waals surface area contributed by atoms with Gasteiger partial charge < -0.3 is 116 Å². The lowest BCUT2D eigenvalue weighted by molar-refractivity contribution is -0.150. The number of benzene rings is 1. The summed E-state index contributed by atoms with van der Waals surface area (Å²) in [6.45, 7) is 11.1. The van der Waals surface area contributed by atoms with Gasteiger partial charge in [-0.25, -0.2) is 4.79 Å². The Balaban J connectivity index is 1.81. The molecule has 2 saturated heterocycles. The first-order chi connectivity index (χ1) is 51.3. The van der Waals surface area contributed by atoms with Crippen LogP contribution in [0.1, 0.15) is 151 Å². The largest absolute Gasteiger partial charge is 0.481 e. The van der Waals surface area contributed by atoms with E-state index in [1.54, 1.807) is 37.3 Å². The number of likely N-dealkylation sites (tertiary alicyclic amines) is 2. The number of unbranched alkanes of at least 4 members (excludes halogenated alkanes) is 1. The number of aliphatic carboxylic acids is 3. The Hall–Kier alpha value is -9.99. The number of nitrogens with zero attached hydrogens (tertiary/aromatic N) is 2. The Morgan fingerprint density at radius 1 is 0.495 bits per heavy atom. The van der Waals surface area contributed by atoms with Gasteiger partial charge in [0, 0.05) is 32.4 Å². The number of carbonyl (C=O) groups is 17. The van der Waals surface area contributed by atoms with Gasteiger partial charge in [0.15, 0.2) is 0 Å². The lowest BCUT2D eigenvalue weighted by Gasteiger charge is -2.32. The van der Waals surface area contributed by atoms with Gasteiger partial charge in [-0.1, -0.05) is 78.3 Å². The molecular weight excluding hydrogens is 1430 g/mol. The topological polar surface area (TPSA) is 614 Å². The quantitative estimate of drug-likeness (QED) is 0.0270. The van der Waals surface area contributed by atoms with Crippen LogP contribution in [-0.4, -0.2) is 271 Å². The van der Waals surface area contributed by atoms with Crippen molar-refractivity contribution in [1.82, 2.24) is 73.6 Å². The number of carboxylic acid groups (broad SMARTS) is 3. The Kier molecular flexibility index (Phi) is 39.7. The Bertz CT molecular complexity index is 3330. The van der Waals surface area contributed by atoms with Crippen molar-refractivity contribution in [2.45, 2.75) is 243 Å². The summed E-state index contributed by atoms with van der Waals surface area (Å²) < 4.78 is 0. The van der Waals surface area contributed by atoms with Crippen LogP contribution < -0.4 is 75.3 Å². The van der Waals surface area contributed by atoms with E-state index in [-0.39, 0.29) is 70.5 Å². The van der Waals surface area contributed by atoms with Crippen LogP contribution in [0.2, 0.25) is 0 Å². The van der Waals surface area contributed by atoms with Crippen LogP contribution >= 0.6 is 0 Å². The minimum atomic E-state index is -1.81. The highest BCUT2D eigenvalue weighted by Crippen LogP contribution is 2.23. The molecule has 39 heteroatoms. The summed E-state index contributed by atoms with van der Waals surface area (Å²) in [5, 5.41) is 89.6. The van der Waals surface area contributed by atoms with E-state index >= 15 is 0 Å². The second kappa shape index (κ2) is 46.4. The number of carbonyl (C=O) groups excluding carboxylic acids is 14. The molecule has 0 aliphatic carbocycles. The van der Waals surface area contributed by atoms with Crippen LogP contribution in [0.25, 0.3) is 0 Å². The van der Waals surface area contributed by atoms with E-state index in [0.717, 1.165) is 18.7 Å². The van der Waals surface area contributed by atoms with E-state index in [1.165, 1.54) is 32.6 Å². The fourth-order valence-electron chi connectivity index (χ4n) is 12.0. The summed E-state index contributed by atoms with van der Waals surface area (Å²) in [6.07, 6.45) is -4.10. The molecule has 2 heterocycles. The van der Waals surface area contributed by atoms with E-state index in [4.69, 9.17) is 11.5 Å². The monoisotopic (exact) mass is 1540 g/mol. The molecular formula is C70H112N16O23. The molecule has 0 spiro atoms. The number of aliphatic hydroxyl groups excluding tert-OH is 3. The zero-order valence-corrected chi connectivity index (χ0v) is 63.1. The third-order valence-corrected chi connectivity index (χ3v) is 18.4. The van der Waals surface area contributed by atoms with Crippen molar-refractivity contribution < 1.29 is 112 Å². The fraction of sp³-hybridized carbons (Fsp3) is 0.671. The van der Waals surface area contributed by atoms with Gasteiger partial charge in [0.25, 0.3) is 0 Å². The van der Waals surface area contributed by atoms with E-state index in [0.29, 0.717) is 24.8 Å². The molecule has 0 aromatic heterocycles. The average Bonchev–Trinajstić information content (AvgIpc) is 1.45. The lowest BCUT2D eigenvalue weighted by Crippen LogP contribution is -2.62. The van der Waals surface area contributed by atoms with E-state index < -0.39 is 249 Å². The molecule has 1 aromatic rings. The minimum absolute atomic E-state index is 0.00388. The van der Waals surface area contributed by atoms with Crippen molar-refractivity contribution in [3.05, 3.63) is 35.9 Å². The molecule has 0 bridgehead atoms. The highest BCUT2D eigenvalue weighted by molar-refractivity contribution is 6.00. The lowest BCUT2D eigenvalue weighted by atomic mass is 9.97. The third kappa shape index (κ3) is 30.9. The van der Waals surface area contributed by atoms with Crippen molar-refractivity contribution in [2.24, 2.45) is 29.2 Å². The first-order valence-corrected chi connectivity index (χ1v) is 36.6. The second-order valence-electron chi connectivity index (χ2n) is 28.1. The second-order valence-corrected chi connectivity index (χ2v) is 28.1. The summed E-state index contributed by atoms with van der Waals surface area (Å²) in [7, 11) is 0. The van der Waals surface area contributed by atoms with Gasteiger partial charge in [0.05, 0.1) is 37.9 Å². The zero-order valence-electron chi connectivity index (χ0n) is 63.1. The number of hydrogen-bond donors (Lipinski definition) is 20. The predicted octanol–water partition coefficient (Wildman–Crippen LogP) is -5.92. The molecule has 16 atom stereocenters. The molecule has 0 saturated carbocycles. The smallest absolute Gasteiger partial charge is 0.326 e. The van der Waals surface area contributed by atoms with Crippen molar-refractivity contribution in [2.75, 3.05) is 39.3 Å². The standard InChI is InChI=1S/C70H112N16O23/c1-10-37(6)55(66(104)78-45(24-26-53(94)95)62(100)84-57(40(9)89)69(107)86-29-17-22-49(86)70(108)109)83-63(101)47(34-87)80-61(99)43(20-14-15-27-71)77-64(102)48-21-16-28-85(48)68(106)46(31-41-18-12-11-13-19-41)79-65(103)54(36(4)5)82-67(105)56(39(8)88)81-51(91)33-74-60(98)44(23-25-52(92)93)76-58(96)38(7)75-50(90)32-73-59(97)42(72)30-35(2)3/h11-13,18-19,35-40,42-49,54-57,87-89H,10,14-17,20-34,71-72H2,1-9H3,(H,73,97)(H,74,98)(H,75,90)(H,76,96)(H,77,102)(H,78,104)(H,79,103)(H,80,99)(H,81,91)(H,82,105)(H,83,101)(H,84,100)(H,92,93)(H,94,95)(H,108,109)/t37-,38-,39+,40+,42-,43-,44-,45-,46-,47-,48-,49-,54-,55-,56-,57-/m0/s1. The van der Waals surface area contributed by atoms with Crippen molar-refractivity contribution in [3.63, 3.8) is 0 Å². The Labute approximate surface area is 631 Å². The zero-order chi connectivity index (χ0) is 82.1. The van der Waals surface area contributed by atoms with Crippen LogP contribution in [0.3, 0.4) is 0 Å². The van der Waals surface area contributed by atoms with Gasteiger partial charge in [-0.2, -0.15) is 0 Å². The van der Waals surface area contributed by atoms with Gasteiger partial charge >= 0.3 is 17.9 Å². The summed E-state index contributed by atoms with van der Waals surface area (Å²) in [5.74, 6) is -18.9. The molecule has 22 N–H and O–H groups in total. The maximum Gasteiger partial charge on any atom is 0.326 e. The molecule has 0 radical (unpaired) electrons. The summed E-state index contributed by atoms with van der Waals surface area (Å²) in [5.41, 5.74) is 12.2. The van der Waals surface area contributed by atoms with Gasteiger partial charge in [0.1, 0.15) is 72.5 Å². The number of rotatable bonds is 47. The van der Waals surface area contributed by atoms with Crippen LogP contribution in [0, 0.1) is 17.8 Å². The molecule has 1 aromatic carbocycles. The Morgan fingerprint density at radius 2 is 0.963 bits per heavy atom. The first-order valence-electron chi connectivity index (χ1n) is 36.6. The average molecular weight is 1550 g/mol. The molecule has 2 aliphatic rings. The molecule has 14 amide bonds.